The lowest BCUT2D eigenvalue weighted by Gasteiger charge is -2.24. The highest BCUT2D eigenvalue weighted by molar-refractivity contribution is 9.10. The van der Waals surface area contributed by atoms with E-state index in [9.17, 15) is 9.59 Å². The van der Waals surface area contributed by atoms with Gasteiger partial charge in [0.05, 0.1) is 21.8 Å². The minimum absolute atomic E-state index is 0.0884. The van der Waals surface area contributed by atoms with Gasteiger partial charge in [-0.25, -0.2) is 9.79 Å². The SMILES string of the molecule is C=CCOC(=O)C1=C(C)N=c2sc(=Cc3ccc(Br)cc3)c(=O)n2C1c1ccccc1. The van der Waals surface area contributed by atoms with E-state index in [1.165, 1.54) is 17.4 Å². The second-order valence-corrected chi connectivity index (χ2v) is 8.86. The average molecular weight is 495 g/mol. The van der Waals surface area contributed by atoms with Crippen molar-refractivity contribution in [3.63, 3.8) is 0 Å². The first kappa shape index (κ1) is 21.2. The van der Waals surface area contributed by atoms with E-state index < -0.39 is 12.0 Å². The lowest BCUT2D eigenvalue weighted by molar-refractivity contribution is -0.138. The molecular weight excluding hydrogens is 476 g/mol. The molecule has 0 bridgehead atoms. The van der Waals surface area contributed by atoms with E-state index >= 15 is 0 Å². The molecule has 1 aliphatic heterocycles. The van der Waals surface area contributed by atoms with Crippen LogP contribution in [0.2, 0.25) is 0 Å². The maximum Gasteiger partial charge on any atom is 0.338 e. The molecule has 4 rings (SSSR count). The number of allylic oxidation sites excluding steroid dienone is 1. The molecule has 1 aromatic heterocycles. The average Bonchev–Trinajstić information content (AvgIpc) is 3.07. The molecule has 0 saturated heterocycles. The number of esters is 1. The van der Waals surface area contributed by atoms with Gasteiger partial charge in [-0.3, -0.25) is 9.36 Å². The van der Waals surface area contributed by atoms with Crippen molar-refractivity contribution >= 4 is 39.3 Å². The zero-order valence-corrected chi connectivity index (χ0v) is 19.2. The molecule has 0 aliphatic carbocycles. The van der Waals surface area contributed by atoms with Crippen molar-refractivity contribution < 1.29 is 9.53 Å². The fourth-order valence-corrected chi connectivity index (χ4v) is 4.77. The molecule has 156 valence electrons. The van der Waals surface area contributed by atoms with Crippen molar-refractivity contribution in [2.45, 2.75) is 13.0 Å². The largest absolute Gasteiger partial charge is 0.458 e. The molecule has 0 spiro atoms. The van der Waals surface area contributed by atoms with Gasteiger partial charge in [0.2, 0.25) is 0 Å². The van der Waals surface area contributed by atoms with Gasteiger partial charge in [0.15, 0.2) is 4.80 Å². The Bertz CT molecular complexity index is 1350. The lowest BCUT2D eigenvalue weighted by Crippen LogP contribution is -2.39. The van der Waals surface area contributed by atoms with Gasteiger partial charge in [-0.15, -0.1) is 0 Å². The Morgan fingerprint density at radius 3 is 2.61 bits per heavy atom. The summed E-state index contributed by atoms with van der Waals surface area (Å²) in [5.41, 5.74) is 2.43. The normalized spacial score (nSPS) is 15.9. The number of hydrogen-bond acceptors (Lipinski definition) is 5. The number of ether oxygens (including phenoxy) is 1. The molecule has 1 unspecified atom stereocenters. The molecule has 7 heteroatoms. The number of aromatic nitrogens is 1. The minimum atomic E-state index is -0.609. The number of rotatable bonds is 5. The van der Waals surface area contributed by atoms with E-state index in [1.54, 1.807) is 11.5 Å². The van der Waals surface area contributed by atoms with Crippen molar-refractivity contribution in [1.29, 1.82) is 0 Å². The third-order valence-corrected chi connectivity index (χ3v) is 6.37. The lowest BCUT2D eigenvalue weighted by atomic mass is 9.96. The number of thiazole rings is 1. The summed E-state index contributed by atoms with van der Waals surface area (Å²) in [5, 5.41) is 0. The zero-order valence-electron chi connectivity index (χ0n) is 16.7. The van der Waals surface area contributed by atoms with Crippen molar-refractivity contribution in [3.8, 4) is 0 Å². The first-order valence-corrected chi connectivity index (χ1v) is 11.2. The molecule has 0 saturated carbocycles. The molecule has 5 nitrogen and oxygen atoms in total. The Labute approximate surface area is 191 Å². The number of carbonyl (C=O) groups excluding carboxylic acids is 1. The summed E-state index contributed by atoms with van der Waals surface area (Å²) < 4.78 is 8.43. The number of benzene rings is 2. The second kappa shape index (κ2) is 8.99. The van der Waals surface area contributed by atoms with Gasteiger partial charge in [-0.2, -0.15) is 0 Å². The van der Waals surface area contributed by atoms with Crippen LogP contribution in [-0.4, -0.2) is 17.1 Å². The monoisotopic (exact) mass is 494 g/mol. The number of fused-ring (bicyclic) bond motifs is 1. The zero-order chi connectivity index (χ0) is 22.0. The molecule has 31 heavy (non-hydrogen) atoms. The summed E-state index contributed by atoms with van der Waals surface area (Å²) in [6.07, 6.45) is 3.35. The fraction of sp³-hybridized carbons (Fsp3) is 0.125. The van der Waals surface area contributed by atoms with Crippen molar-refractivity contribution in [2.75, 3.05) is 6.61 Å². The van der Waals surface area contributed by atoms with Gasteiger partial charge in [0.25, 0.3) is 5.56 Å². The molecule has 2 aromatic carbocycles. The summed E-state index contributed by atoms with van der Waals surface area (Å²) >= 11 is 4.73. The highest BCUT2D eigenvalue weighted by Gasteiger charge is 2.33. The van der Waals surface area contributed by atoms with E-state index in [0.717, 1.165) is 15.6 Å². The van der Waals surface area contributed by atoms with Crippen molar-refractivity contribution in [2.24, 2.45) is 4.99 Å². The predicted molar refractivity (Wildman–Crippen MR) is 126 cm³/mol. The standard InChI is InChI=1S/C24H19BrN2O3S/c1-3-13-30-23(29)20-15(2)26-24-27(21(20)17-7-5-4-6-8-17)22(28)19(31-24)14-16-9-11-18(25)12-10-16/h3-12,14,21H,1,13H2,2H3. The van der Waals surface area contributed by atoms with Gasteiger partial charge >= 0.3 is 5.97 Å². The number of hydrogen-bond donors (Lipinski definition) is 0. The molecule has 0 radical (unpaired) electrons. The first-order chi connectivity index (χ1) is 15.0. The van der Waals surface area contributed by atoms with Crippen LogP contribution in [0, 0.1) is 0 Å². The molecule has 3 aromatic rings. The van der Waals surface area contributed by atoms with E-state index in [0.29, 0.717) is 20.6 Å². The van der Waals surface area contributed by atoms with Crippen LogP contribution in [0.1, 0.15) is 24.1 Å². The number of carbonyl (C=O) groups is 1. The maximum atomic E-state index is 13.4. The Morgan fingerprint density at radius 2 is 1.94 bits per heavy atom. The molecule has 0 N–H and O–H groups in total. The van der Waals surface area contributed by atoms with Crippen LogP contribution in [-0.2, 0) is 9.53 Å². The van der Waals surface area contributed by atoms with Crippen LogP contribution in [0.5, 0.6) is 0 Å². The molecule has 1 aliphatic rings. The van der Waals surface area contributed by atoms with E-state index in [4.69, 9.17) is 4.74 Å². The number of halogens is 1. The van der Waals surface area contributed by atoms with Crippen LogP contribution in [0.25, 0.3) is 6.08 Å². The third kappa shape index (κ3) is 4.24. The molecule has 0 amide bonds. The molecule has 0 fully saturated rings. The molecule has 1 atom stereocenters. The summed E-state index contributed by atoms with van der Waals surface area (Å²) in [6.45, 7) is 5.45. The highest BCUT2D eigenvalue weighted by Crippen LogP contribution is 2.30. The van der Waals surface area contributed by atoms with Crippen LogP contribution in [0.4, 0.5) is 0 Å². The second-order valence-electron chi connectivity index (χ2n) is 6.93. The first-order valence-electron chi connectivity index (χ1n) is 9.60. The Kier molecular flexibility index (Phi) is 6.15. The summed E-state index contributed by atoms with van der Waals surface area (Å²) in [5.74, 6) is -0.503. The van der Waals surface area contributed by atoms with E-state index in [1.807, 2.05) is 60.7 Å². The smallest absolute Gasteiger partial charge is 0.338 e. The van der Waals surface area contributed by atoms with Gasteiger partial charge < -0.3 is 4.74 Å². The van der Waals surface area contributed by atoms with Crippen molar-refractivity contribution in [1.82, 2.24) is 4.57 Å². The van der Waals surface area contributed by atoms with Crippen LogP contribution >= 0.6 is 27.3 Å². The predicted octanol–water partition coefficient (Wildman–Crippen LogP) is 3.73. The molecular formula is C24H19BrN2O3S. The van der Waals surface area contributed by atoms with Gasteiger partial charge in [-0.05, 0) is 36.3 Å². The van der Waals surface area contributed by atoms with Gasteiger partial charge in [0, 0.05) is 4.47 Å². The summed E-state index contributed by atoms with van der Waals surface area (Å²) in [4.78, 5) is 31.5. The maximum absolute atomic E-state index is 13.4. The molecule has 2 heterocycles. The van der Waals surface area contributed by atoms with Crippen LogP contribution in [0.15, 0.2) is 92.8 Å². The Morgan fingerprint density at radius 1 is 1.23 bits per heavy atom. The number of nitrogens with zero attached hydrogens (tertiary/aromatic N) is 2. The third-order valence-electron chi connectivity index (χ3n) is 4.86. The summed E-state index contributed by atoms with van der Waals surface area (Å²) in [7, 11) is 0. The van der Waals surface area contributed by atoms with Crippen molar-refractivity contribution in [3.05, 3.63) is 114 Å². The minimum Gasteiger partial charge on any atom is -0.458 e. The summed E-state index contributed by atoms with van der Waals surface area (Å²) in [6, 6.07) is 16.6. The van der Waals surface area contributed by atoms with Gasteiger partial charge in [0.1, 0.15) is 6.61 Å². The highest BCUT2D eigenvalue weighted by atomic mass is 79.9. The van der Waals surface area contributed by atoms with Gasteiger partial charge in [-0.1, -0.05) is 82.4 Å². The van der Waals surface area contributed by atoms with Crippen LogP contribution < -0.4 is 14.9 Å². The van der Waals surface area contributed by atoms with E-state index in [-0.39, 0.29) is 12.2 Å². The fourth-order valence-electron chi connectivity index (χ4n) is 3.46. The van der Waals surface area contributed by atoms with Crippen LogP contribution in [0.3, 0.4) is 0 Å². The topological polar surface area (TPSA) is 60.7 Å². The van der Waals surface area contributed by atoms with E-state index in [2.05, 4.69) is 27.5 Å². The Balaban J connectivity index is 1.92. The Hall–Kier alpha value is -3.03. The quantitative estimate of drug-likeness (QED) is 0.401.